The molecule has 0 amide bonds. The molecule has 137 valence electrons. The molecule has 1 aromatic heterocycles. The van der Waals surface area contributed by atoms with E-state index in [1.807, 2.05) is 38.1 Å². The maximum Gasteiger partial charge on any atom is 0.341 e. The number of aliphatic carboxylic acids is 1. The predicted molar refractivity (Wildman–Crippen MR) is 105 cm³/mol. The minimum Gasteiger partial charge on any atom is -0.481 e. The minimum absolute atomic E-state index is 0. The number of carbonyl (C=O) groups is 1. The van der Waals surface area contributed by atoms with Crippen LogP contribution in [0.1, 0.15) is 23.7 Å². The first-order valence-electron chi connectivity index (χ1n) is 8.46. The van der Waals surface area contributed by atoms with Crippen LogP contribution in [0.2, 0.25) is 0 Å². The predicted octanol–water partition coefficient (Wildman–Crippen LogP) is 2.90. The average Bonchev–Trinajstić information content (AvgIpc) is 2.93. The summed E-state index contributed by atoms with van der Waals surface area (Å²) in [4.78, 5) is 16.1. The Morgan fingerprint density at radius 2 is 1.93 bits per heavy atom. The number of nitrogens with zero attached hydrogens (tertiary/aromatic N) is 1. The average molecular weight is 377 g/mol. The van der Waals surface area contributed by atoms with Crippen LogP contribution in [-0.2, 0) is 17.8 Å². The van der Waals surface area contributed by atoms with Crippen LogP contribution < -0.4 is 15.5 Å². The molecule has 0 atom stereocenters. The molecule has 0 spiro atoms. The monoisotopic (exact) mass is 377 g/mol. The van der Waals surface area contributed by atoms with Crippen LogP contribution in [-0.4, -0.2) is 51.8 Å². The Hall–Kier alpha value is -1.99. The van der Waals surface area contributed by atoms with Crippen LogP contribution in [0.4, 0.5) is 0 Å². The molecule has 3 rings (SSSR count). The van der Waals surface area contributed by atoms with Gasteiger partial charge in [-0.2, -0.15) is 5.90 Å². The van der Waals surface area contributed by atoms with Crippen molar-refractivity contribution in [2.45, 2.75) is 26.8 Å². The zero-order chi connectivity index (χ0) is 18.7. The number of ether oxygens (including phenoxy) is 1. The number of aromatic nitrogens is 1. The largest absolute Gasteiger partial charge is 0.481 e. The molecule has 0 bridgehead atoms. The van der Waals surface area contributed by atoms with Crippen LogP contribution in [0.3, 0.4) is 0 Å². The number of carboxylic acid groups (broad SMARTS) is 1. The maximum atomic E-state index is 10.9. The van der Waals surface area contributed by atoms with Crippen LogP contribution in [0.5, 0.6) is 11.5 Å². The van der Waals surface area contributed by atoms with Gasteiger partial charge in [0.25, 0.3) is 0 Å². The number of carboxylic acids is 1. The molecule has 7 heteroatoms. The van der Waals surface area contributed by atoms with Gasteiger partial charge in [0, 0.05) is 36.1 Å². The fourth-order valence-electron chi connectivity index (χ4n) is 3.27. The van der Waals surface area contributed by atoms with E-state index in [9.17, 15) is 4.79 Å². The molecule has 3 aromatic rings. The molecule has 0 aliphatic carbocycles. The van der Waals surface area contributed by atoms with Gasteiger partial charge >= 0.3 is 5.97 Å². The summed E-state index contributed by atoms with van der Waals surface area (Å²) >= 11 is 0. The third-order valence-corrected chi connectivity index (χ3v) is 4.32. The third kappa shape index (κ3) is 4.47. The van der Waals surface area contributed by atoms with E-state index in [0.717, 1.165) is 22.3 Å². The van der Waals surface area contributed by atoms with Gasteiger partial charge in [0.15, 0.2) is 12.4 Å². The molecule has 1 radical (unpaired) electrons. The molecule has 0 saturated carbocycles. The smallest absolute Gasteiger partial charge is 0.341 e. The van der Waals surface area contributed by atoms with Crippen molar-refractivity contribution in [2.24, 2.45) is 5.90 Å². The SMILES string of the molecule is CCc1c(ON)c2c(OCC(=O)O)cc(C)cc2n1Cc1ccccc1.[Na]. The summed E-state index contributed by atoms with van der Waals surface area (Å²) in [5, 5.41) is 9.66. The fraction of sp³-hybridized carbons (Fsp3) is 0.250. The standard InChI is InChI=1S/C20H22N2O4.Na/c1-3-15-20(26-21)19-16(22(15)11-14-7-5-4-6-8-14)9-13(2)10-17(19)25-12-18(23)24;/h4-10H,3,11-12,21H2,1-2H3,(H,23,24);. The van der Waals surface area contributed by atoms with Gasteiger partial charge in [-0.1, -0.05) is 37.3 Å². The number of fused-ring (bicyclic) bond motifs is 1. The Kier molecular flexibility index (Phi) is 7.33. The van der Waals surface area contributed by atoms with E-state index < -0.39 is 12.6 Å². The van der Waals surface area contributed by atoms with Gasteiger partial charge in [0.2, 0.25) is 0 Å². The number of rotatable bonds is 7. The van der Waals surface area contributed by atoms with E-state index in [-0.39, 0.29) is 29.6 Å². The van der Waals surface area contributed by atoms with Crippen molar-refractivity contribution >= 4 is 46.4 Å². The van der Waals surface area contributed by atoms with Crippen molar-refractivity contribution in [3.8, 4) is 11.5 Å². The van der Waals surface area contributed by atoms with Gasteiger partial charge in [0.1, 0.15) is 5.75 Å². The number of hydrogen-bond acceptors (Lipinski definition) is 4. The molecule has 3 N–H and O–H groups in total. The molecule has 0 unspecified atom stereocenters. The summed E-state index contributed by atoms with van der Waals surface area (Å²) in [5.74, 6) is 5.53. The van der Waals surface area contributed by atoms with E-state index in [0.29, 0.717) is 29.9 Å². The summed E-state index contributed by atoms with van der Waals surface area (Å²) in [6, 6.07) is 13.9. The first-order valence-corrected chi connectivity index (χ1v) is 8.46. The number of hydrogen-bond donors (Lipinski definition) is 2. The third-order valence-electron chi connectivity index (χ3n) is 4.32. The van der Waals surface area contributed by atoms with E-state index in [1.165, 1.54) is 0 Å². The summed E-state index contributed by atoms with van der Waals surface area (Å²) in [5.41, 5.74) is 3.97. The second kappa shape index (κ2) is 9.28. The van der Waals surface area contributed by atoms with E-state index in [4.69, 9.17) is 20.6 Å². The molecule has 0 aliphatic heterocycles. The van der Waals surface area contributed by atoms with Crippen molar-refractivity contribution in [3.63, 3.8) is 0 Å². The molecule has 0 aliphatic rings. The molecular weight excluding hydrogens is 355 g/mol. The normalized spacial score (nSPS) is 10.5. The van der Waals surface area contributed by atoms with E-state index in [2.05, 4.69) is 16.7 Å². The van der Waals surface area contributed by atoms with Crippen LogP contribution in [0.25, 0.3) is 10.9 Å². The molecule has 27 heavy (non-hydrogen) atoms. The van der Waals surface area contributed by atoms with E-state index in [1.54, 1.807) is 6.07 Å². The van der Waals surface area contributed by atoms with Crippen molar-refractivity contribution in [1.82, 2.24) is 4.57 Å². The Bertz CT molecular complexity index is 938. The molecule has 6 nitrogen and oxygen atoms in total. The van der Waals surface area contributed by atoms with Crippen LogP contribution >= 0.6 is 0 Å². The second-order valence-corrected chi connectivity index (χ2v) is 6.16. The maximum absolute atomic E-state index is 10.9. The Balaban J connectivity index is 0.00000261. The van der Waals surface area contributed by atoms with Crippen LogP contribution in [0, 0.1) is 6.92 Å². The van der Waals surface area contributed by atoms with Crippen LogP contribution in [0.15, 0.2) is 42.5 Å². The molecule has 0 fully saturated rings. The van der Waals surface area contributed by atoms with Gasteiger partial charge in [-0.25, -0.2) is 4.79 Å². The summed E-state index contributed by atoms with van der Waals surface area (Å²) in [7, 11) is 0. The van der Waals surface area contributed by atoms with Crippen molar-refractivity contribution in [1.29, 1.82) is 0 Å². The van der Waals surface area contributed by atoms with Gasteiger partial charge in [0.05, 0.1) is 16.6 Å². The number of aryl methyl sites for hydroxylation is 1. The van der Waals surface area contributed by atoms with Crippen molar-refractivity contribution in [2.75, 3.05) is 6.61 Å². The van der Waals surface area contributed by atoms with Crippen molar-refractivity contribution in [3.05, 3.63) is 59.3 Å². The Labute approximate surface area is 180 Å². The first kappa shape index (κ1) is 21.3. The fourth-order valence-corrected chi connectivity index (χ4v) is 3.27. The molecule has 1 heterocycles. The molecule has 0 saturated heterocycles. The molecule has 2 aromatic carbocycles. The van der Waals surface area contributed by atoms with Crippen molar-refractivity contribution < 1.29 is 19.5 Å². The zero-order valence-corrected chi connectivity index (χ0v) is 17.9. The Morgan fingerprint density at radius 3 is 2.52 bits per heavy atom. The van der Waals surface area contributed by atoms with E-state index >= 15 is 0 Å². The van der Waals surface area contributed by atoms with Gasteiger partial charge in [-0.05, 0) is 36.6 Å². The summed E-state index contributed by atoms with van der Waals surface area (Å²) < 4.78 is 7.66. The Morgan fingerprint density at radius 1 is 1.22 bits per heavy atom. The first-order chi connectivity index (χ1) is 12.5. The second-order valence-electron chi connectivity index (χ2n) is 6.16. The topological polar surface area (TPSA) is 86.7 Å². The quantitative estimate of drug-likeness (QED) is 0.488. The van der Waals surface area contributed by atoms with Gasteiger partial charge < -0.3 is 19.2 Å². The minimum atomic E-state index is -1.03. The number of benzene rings is 2. The van der Waals surface area contributed by atoms with Gasteiger partial charge in [-0.3, -0.25) is 0 Å². The van der Waals surface area contributed by atoms with Gasteiger partial charge in [-0.15, -0.1) is 0 Å². The molecular formula is C20H22N2NaO4. The zero-order valence-electron chi connectivity index (χ0n) is 15.9. The number of nitrogens with two attached hydrogens (primary N) is 1. The summed E-state index contributed by atoms with van der Waals surface area (Å²) in [6.45, 7) is 4.21. The summed E-state index contributed by atoms with van der Waals surface area (Å²) in [6.07, 6.45) is 0.714.